The molecule has 0 bridgehead atoms. The second-order valence-electron chi connectivity index (χ2n) is 5.28. The molecule has 0 aliphatic heterocycles. The number of halogens is 2. The first-order chi connectivity index (χ1) is 9.70. The number of aromatic amines is 1. The third-order valence-electron chi connectivity index (χ3n) is 3.98. The van der Waals surface area contributed by atoms with Crippen LogP contribution >= 0.6 is 23.2 Å². The van der Waals surface area contributed by atoms with Gasteiger partial charge in [0.15, 0.2) is 0 Å². The van der Waals surface area contributed by atoms with Crippen molar-refractivity contribution in [1.82, 2.24) is 9.97 Å². The van der Waals surface area contributed by atoms with E-state index in [9.17, 15) is 0 Å². The SMILES string of the molecule is Clc1cc2nc(C3Cc4ccccc4C3)[nH]c2cc1Cl. The van der Waals surface area contributed by atoms with Gasteiger partial charge in [0.2, 0.25) is 0 Å². The number of aromatic nitrogens is 2. The first-order valence-corrected chi connectivity index (χ1v) is 7.38. The Morgan fingerprint density at radius 1 is 1.00 bits per heavy atom. The van der Waals surface area contributed by atoms with Crippen LogP contribution in [-0.2, 0) is 12.8 Å². The molecule has 3 aromatic rings. The fraction of sp³-hybridized carbons (Fsp3) is 0.188. The van der Waals surface area contributed by atoms with E-state index in [-0.39, 0.29) is 0 Å². The molecule has 0 unspecified atom stereocenters. The molecular formula is C16H12Cl2N2. The summed E-state index contributed by atoms with van der Waals surface area (Å²) in [5.41, 5.74) is 4.68. The molecule has 0 radical (unpaired) electrons. The van der Waals surface area contributed by atoms with Crippen LogP contribution in [0.25, 0.3) is 11.0 Å². The first kappa shape index (κ1) is 12.2. The molecule has 1 heterocycles. The van der Waals surface area contributed by atoms with Crippen molar-refractivity contribution >= 4 is 34.2 Å². The molecule has 0 amide bonds. The van der Waals surface area contributed by atoms with Gasteiger partial charge in [-0.3, -0.25) is 0 Å². The van der Waals surface area contributed by atoms with Crippen LogP contribution in [0.1, 0.15) is 22.9 Å². The number of rotatable bonds is 1. The van der Waals surface area contributed by atoms with Gasteiger partial charge in [-0.1, -0.05) is 47.5 Å². The van der Waals surface area contributed by atoms with Gasteiger partial charge in [-0.05, 0) is 36.1 Å². The molecule has 0 atom stereocenters. The molecule has 1 aliphatic carbocycles. The zero-order valence-electron chi connectivity index (χ0n) is 10.7. The average molecular weight is 303 g/mol. The van der Waals surface area contributed by atoms with Crippen LogP contribution in [0.2, 0.25) is 10.0 Å². The van der Waals surface area contributed by atoms with E-state index in [0.717, 1.165) is 29.7 Å². The molecule has 0 saturated carbocycles. The summed E-state index contributed by atoms with van der Waals surface area (Å²) in [6, 6.07) is 12.3. The highest BCUT2D eigenvalue weighted by molar-refractivity contribution is 6.42. The largest absolute Gasteiger partial charge is 0.342 e. The summed E-state index contributed by atoms with van der Waals surface area (Å²) in [7, 11) is 0. The number of H-pyrrole nitrogens is 1. The zero-order chi connectivity index (χ0) is 13.7. The zero-order valence-corrected chi connectivity index (χ0v) is 12.2. The maximum absolute atomic E-state index is 6.05. The summed E-state index contributed by atoms with van der Waals surface area (Å²) in [5, 5.41) is 1.11. The summed E-state index contributed by atoms with van der Waals surface area (Å²) >= 11 is 12.1. The third-order valence-corrected chi connectivity index (χ3v) is 4.70. The minimum Gasteiger partial charge on any atom is -0.342 e. The second-order valence-corrected chi connectivity index (χ2v) is 6.09. The fourth-order valence-corrected chi connectivity index (χ4v) is 3.29. The molecule has 1 aromatic heterocycles. The fourth-order valence-electron chi connectivity index (χ4n) is 2.97. The molecule has 0 saturated heterocycles. The van der Waals surface area contributed by atoms with Crippen molar-refractivity contribution in [3.63, 3.8) is 0 Å². The number of benzene rings is 2. The van der Waals surface area contributed by atoms with Gasteiger partial charge in [0, 0.05) is 5.92 Å². The molecule has 4 rings (SSSR count). The maximum atomic E-state index is 6.05. The minimum atomic E-state index is 0.414. The average Bonchev–Trinajstić information content (AvgIpc) is 3.02. The Bertz CT molecular complexity index is 743. The van der Waals surface area contributed by atoms with Gasteiger partial charge < -0.3 is 4.98 Å². The lowest BCUT2D eigenvalue weighted by Crippen LogP contribution is -1.99. The van der Waals surface area contributed by atoms with E-state index >= 15 is 0 Å². The molecule has 1 N–H and O–H groups in total. The Kier molecular flexibility index (Phi) is 2.76. The second kappa shape index (κ2) is 4.51. The number of hydrogen-bond donors (Lipinski definition) is 1. The van der Waals surface area contributed by atoms with Gasteiger partial charge in [-0.2, -0.15) is 0 Å². The normalized spacial score (nSPS) is 14.9. The van der Waals surface area contributed by atoms with E-state index in [1.165, 1.54) is 11.1 Å². The van der Waals surface area contributed by atoms with Crippen LogP contribution in [0.5, 0.6) is 0 Å². The van der Waals surface area contributed by atoms with E-state index in [1.54, 1.807) is 0 Å². The number of hydrogen-bond acceptors (Lipinski definition) is 1. The number of fused-ring (bicyclic) bond motifs is 2. The molecule has 0 spiro atoms. The quantitative estimate of drug-likeness (QED) is 0.690. The Morgan fingerprint density at radius 2 is 1.65 bits per heavy atom. The Labute approximate surface area is 126 Å². The molecule has 1 aliphatic rings. The van der Waals surface area contributed by atoms with Crippen molar-refractivity contribution in [2.24, 2.45) is 0 Å². The van der Waals surface area contributed by atoms with Crippen molar-refractivity contribution in [3.8, 4) is 0 Å². The monoisotopic (exact) mass is 302 g/mol. The molecule has 2 nitrogen and oxygen atoms in total. The van der Waals surface area contributed by atoms with Gasteiger partial charge in [-0.25, -0.2) is 4.98 Å². The van der Waals surface area contributed by atoms with Crippen LogP contribution in [-0.4, -0.2) is 9.97 Å². The van der Waals surface area contributed by atoms with Crippen molar-refractivity contribution in [3.05, 3.63) is 63.4 Å². The van der Waals surface area contributed by atoms with Crippen LogP contribution < -0.4 is 0 Å². The van der Waals surface area contributed by atoms with Crippen LogP contribution in [0.4, 0.5) is 0 Å². The Balaban J connectivity index is 1.74. The highest BCUT2D eigenvalue weighted by Crippen LogP contribution is 2.34. The summed E-state index contributed by atoms with van der Waals surface area (Å²) in [5.74, 6) is 1.44. The van der Waals surface area contributed by atoms with Gasteiger partial charge >= 0.3 is 0 Å². The van der Waals surface area contributed by atoms with Crippen LogP contribution in [0, 0.1) is 0 Å². The van der Waals surface area contributed by atoms with E-state index in [0.29, 0.717) is 16.0 Å². The van der Waals surface area contributed by atoms with E-state index in [4.69, 9.17) is 23.2 Å². The van der Waals surface area contributed by atoms with E-state index in [1.807, 2.05) is 12.1 Å². The highest BCUT2D eigenvalue weighted by atomic mass is 35.5. The van der Waals surface area contributed by atoms with Gasteiger partial charge in [0.05, 0.1) is 21.1 Å². The summed E-state index contributed by atoms with van der Waals surface area (Å²) in [4.78, 5) is 8.07. The molecule has 4 heteroatoms. The lowest BCUT2D eigenvalue weighted by molar-refractivity contribution is 0.697. The van der Waals surface area contributed by atoms with Crippen molar-refractivity contribution in [2.75, 3.05) is 0 Å². The van der Waals surface area contributed by atoms with Crippen molar-refractivity contribution in [2.45, 2.75) is 18.8 Å². The van der Waals surface area contributed by atoms with Crippen LogP contribution in [0.3, 0.4) is 0 Å². The minimum absolute atomic E-state index is 0.414. The predicted octanol–water partition coefficient (Wildman–Crippen LogP) is 4.75. The first-order valence-electron chi connectivity index (χ1n) is 6.62. The van der Waals surface area contributed by atoms with Crippen molar-refractivity contribution < 1.29 is 0 Å². The number of nitrogens with zero attached hydrogens (tertiary/aromatic N) is 1. The highest BCUT2D eigenvalue weighted by Gasteiger charge is 2.25. The smallest absolute Gasteiger partial charge is 0.111 e. The summed E-state index contributed by atoms with van der Waals surface area (Å²) in [6.45, 7) is 0. The van der Waals surface area contributed by atoms with E-state index in [2.05, 4.69) is 34.2 Å². The van der Waals surface area contributed by atoms with Gasteiger partial charge in [0.1, 0.15) is 5.82 Å². The van der Waals surface area contributed by atoms with E-state index < -0.39 is 0 Å². The Hall–Kier alpha value is -1.51. The molecule has 20 heavy (non-hydrogen) atoms. The summed E-state index contributed by atoms with van der Waals surface area (Å²) < 4.78 is 0. The third kappa shape index (κ3) is 1.91. The van der Waals surface area contributed by atoms with Crippen molar-refractivity contribution in [1.29, 1.82) is 0 Å². The lowest BCUT2D eigenvalue weighted by Gasteiger charge is -2.03. The van der Waals surface area contributed by atoms with Gasteiger partial charge in [0.25, 0.3) is 0 Å². The lowest BCUT2D eigenvalue weighted by atomic mass is 10.1. The number of nitrogens with one attached hydrogen (secondary N) is 1. The number of imidazole rings is 1. The maximum Gasteiger partial charge on any atom is 0.111 e. The summed E-state index contributed by atoms with van der Waals surface area (Å²) in [6.07, 6.45) is 2.08. The Morgan fingerprint density at radius 3 is 2.35 bits per heavy atom. The molecule has 100 valence electrons. The molecule has 0 fully saturated rings. The predicted molar refractivity (Wildman–Crippen MR) is 82.7 cm³/mol. The van der Waals surface area contributed by atoms with Crippen LogP contribution in [0.15, 0.2) is 36.4 Å². The molecular weight excluding hydrogens is 291 g/mol. The van der Waals surface area contributed by atoms with Gasteiger partial charge in [-0.15, -0.1) is 0 Å². The molecule has 2 aromatic carbocycles. The topological polar surface area (TPSA) is 28.7 Å². The standard InChI is InChI=1S/C16H12Cl2N2/c17-12-7-14-15(8-13(12)18)20-16(19-14)11-5-9-3-1-2-4-10(9)6-11/h1-4,7-8,11H,5-6H2,(H,19,20).